The third-order valence-corrected chi connectivity index (χ3v) is 1.64. The van der Waals surface area contributed by atoms with E-state index in [1.54, 1.807) is 0 Å². The van der Waals surface area contributed by atoms with E-state index in [0.29, 0.717) is 0 Å². The predicted molar refractivity (Wildman–Crippen MR) is 40.4 cm³/mol. The van der Waals surface area contributed by atoms with Gasteiger partial charge in [0.2, 0.25) is 0 Å². The zero-order valence-electron chi connectivity index (χ0n) is 6.12. The molecule has 0 radical (unpaired) electrons. The van der Waals surface area contributed by atoms with Gasteiger partial charge in [0.15, 0.2) is 5.03 Å². The summed E-state index contributed by atoms with van der Waals surface area (Å²) < 4.78 is 4.48. The number of ether oxygens (including phenoxy) is 1. The van der Waals surface area contributed by atoms with Crippen LogP contribution < -0.4 is 0 Å². The average Bonchev–Trinajstić information content (AvgIpc) is 2.81. The summed E-state index contributed by atoms with van der Waals surface area (Å²) >= 11 is 5.17. The molecule has 0 aromatic carbocycles. The molecule has 0 aromatic rings. The Hall–Kier alpha value is -1.03. The van der Waals surface area contributed by atoms with Crippen LogP contribution in [0.1, 0.15) is 12.8 Å². The van der Waals surface area contributed by atoms with Gasteiger partial charge >= 0.3 is 11.9 Å². The van der Waals surface area contributed by atoms with E-state index < -0.39 is 17.0 Å². The number of rotatable bonds is 3. The Labute approximate surface area is 73.8 Å². The van der Waals surface area contributed by atoms with Gasteiger partial charge in [0, 0.05) is 0 Å². The van der Waals surface area contributed by atoms with Gasteiger partial charge in [-0.1, -0.05) is 11.6 Å². The van der Waals surface area contributed by atoms with Crippen LogP contribution in [0.2, 0.25) is 0 Å². The standard InChI is InChI=1S/C7H7ClO4/c8-5(6(9)10)3-12-7(11)4-1-2-4/h3-4H,1-2H2,(H,9,10)/b5-3-. The first-order valence-electron chi connectivity index (χ1n) is 3.40. The highest BCUT2D eigenvalue weighted by molar-refractivity contribution is 6.40. The van der Waals surface area contributed by atoms with Crippen LogP contribution in [-0.4, -0.2) is 17.0 Å². The Morgan fingerprint density at radius 3 is 2.50 bits per heavy atom. The topological polar surface area (TPSA) is 63.6 Å². The molecule has 0 bridgehead atoms. The van der Waals surface area contributed by atoms with Gasteiger partial charge in [-0.15, -0.1) is 0 Å². The summed E-state index contributed by atoms with van der Waals surface area (Å²) in [7, 11) is 0. The fourth-order valence-electron chi connectivity index (χ4n) is 0.575. The molecule has 1 N–H and O–H groups in total. The fourth-order valence-corrected chi connectivity index (χ4v) is 0.620. The maximum atomic E-state index is 10.8. The average molecular weight is 191 g/mol. The Morgan fingerprint density at radius 2 is 2.08 bits per heavy atom. The highest BCUT2D eigenvalue weighted by atomic mass is 35.5. The molecule has 4 nitrogen and oxygen atoms in total. The van der Waals surface area contributed by atoms with Crippen LogP contribution in [0.5, 0.6) is 0 Å². The first-order valence-corrected chi connectivity index (χ1v) is 3.78. The summed E-state index contributed by atoms with van der Waals surface area (Å²) in [5.74, 6) is -1.77. The first kappa shape index (κ1) is 9.06. The predicted octanol–water partition coefficient (Wildman–Crippen LogP) is 1.10. The SMILES string of the molecule is O=C(O)/C(Cl)=C/OC(=O)C1CC1. The van der Waals surface area contributed by atoms with Gasteiger partial charge < -0.3 is 9.84 Å². The van der Waals surface area contributed by atoms with E-state index in [4.69, 9.17) is 16.7 Å². The van der Waals surface area contributed by atoms with E-state index in [9.17, 15) is 9.59 Å². The van der Waals surface area contributed by atoms with E-state index in [1.165, 1.54) is 0 Å². The second kappa shape index (κ2) is 3.58. The largest absolute Gasteiger partial charge is 0.477 e. The molecule has 12 heavy (non-hydrogen) atoms. The summed E-state index contributed by atoms with van der Waals surface area (Å²) in [6.45, 7) is 0. The molecule has 0 spiro atoms. The van der Waals surface area contributed by atoms with Crippen LogP contribution in [0.25, 0.3) is 0 Å². The summed E-state index contributed by atoms with van der Waals surface area (Å²) in [6, 6.07) is 0. The fraction of sp³-hybridized carbons (Fsp3) is 0.429. The molecule has 1 rings (SSSR count). The zero-order chi connectivity index (χ0) is 9.14. The number of carboxylic acid groups (broad SMARTS) is 1. The van der Waals surface area contributed by atoms with Crippen molar-refractivity contribution in [2.24, 2.45) is 5.92 Å². The summed E-state index contributed by atoms with van der Waals surface area (Å²) in [6.07, 6.45) is 2.39. The van der Waals surface area contributed by atoms with Crippen molar-refractivity contribution >= 4 is 23.5 Å². The van der Waals surface area contributed by atoms with Crippen LogP contribution in [0.4, 0.5) is 0 Å². The van der Waals surface area contributed by atoms with Crippen molar-refractivity contribution in [3.8, 4) is 0 Å². The van der Waals surface area contributed by atoms with E-state index in [-0.39, 0.29) is 5.92 Å². The lowest BCUT2D eigenvalue weighted by Gasteiger charge is -1.95. The quantitative estimate of drug-likeness (QED) is 0.411. The zero-order valence-corrected chi connectivity index (χ0v) is 6.87. The molecule has 66 valence electrons. The molecule has 1 aliphatic rings. The second-order valence-corrected chi connectivity index (χ2v) is 2.89. The third-order valence-electron chi connectivity index (χ3n) is 1.39. The number of esters is 1. The van der Waals surface area contributed by atoms with Gasteiger partial charge in [-0.3, -0.25) is 4.79 Å². The van der Waals surface area contributed by atoms with Crippen molar-refractivity contribution in [2.45, 2.75) is 12.8 Å². The van der Waals surface area contributed by atoms with Crippen LogP contribution in [0.15, 0.2) is 11.3 Å². The Bertz CT molecular complexity index is 242. The molecule has 0 atom stereocenters. The molecule has 0 saturated heterocycles. The molecule has 0 amide bonds. The second-order valence-electron chi connectivity index (χ2n) is 2.48. The molecule has 5 heteroatoms. The molecule has 0 unspecified atom stereocenters. The maximum Gasteiger partial charge on any atom is 0.350 e. The maximum absolute atomic E-state index is 10.8. The monoisotopic (exact) mass is 190 g/mol. The minimum absolute atomic E-state index is 0.0560. The number of aliphatic carboxylic acids is 1. The van der Waals surface area contributed by atoms with Crippen LogP contribution >= 0.6 is 11.6 Å². The first-order chi connectivity index (χ1) is 5.61. The summed E-state index contributed by atoms with van der Waals surface area (Å²) in [5.41, 5.74) is 0. The molecule has 1 aliphatic carbocycles. The normalized spacial score (nSPS) is 17.2. The number of carbonyl (C=O) groups excluding carboxylic acids is 1. The summed E-state index contributed by atoms with van der Waals surface area (Å²) in [4.78, 5) is 20.9. The van der Waals surface area contributed by atoms with Crippen LogP contribution in [0, 0.1) is 5.92 Å². The number of carbonyl (C=O) groups is 2. The van der Waals surface area contributed by atoms with Gasteiger partial charge in [0.25, 0.3) is 0 Å². The molecular formula is C7H7ClO4. The molecule has 0 aromatic heterocycles. The van der Waals surface area contributed by atoms with Crippen molar-refractivity contribution in [3.05, 3.63) is 11.3 Å². The van der Waals surface area contributed by atoms with Crippen molar-refractivity contribution in [1.29, 1.82) is 0 Å². The van der Waals surface area contributed by atoms with Gasteiger partial charge in [0.05, 0.1) is 5.92 Å². The number of halogens is 1. The van der Waals surface area contributed by atoms with Gasteiger partial charge in [-0.05, 0) is 12.8 Å². The van der Waals surface area contributed by atoms with Crippen LogP contribution in [0.3, 0.4) is 0 Å². The molecule has 0 aliphatic heterocycles. The number of hydrogen-bond donors (Lipinski definition) is 1. The smallest absolute Gasteiger partial charge is 0.350 e. The van der Waals surface area contributed by atoms with Gasteiger partial charge in [-0.25, -0.2) is 4.79 Å². The van der Waals surface area contributed by atoms with E-state index in [0.717, 1.165) is 19.1 Å². The Kier molecular flexibility index (Phi) is 2.70. The van der Waals surface area contributed by atoms with E-state index in [1.807, 2.05) is 0 Å². The van der Waals surface area contributed by atoms with Crippen molar-refractivity contribution in [2.75, 3.05) is 0 Å². The minimum atomic E-state index is -1.31. The van der Waals surface area contributed by atoms with Gasteiger partial charge in [-0.2, -0.15) is 0 Å². The molecular weight excluding hydrogens is 184 g/mol. The molecule has 1 saturated carbocycles. The van der Waals surface area contributed by atoms with Crippen LogP contribution in [-0.2, 0) is 14.3 Å². The minimum Gasteiger partial charge on any atom is -0.477 e. The molecule has 0 heterocycles. The Morgan fingerprint density at radius 1 is 1.50 bits per heavy atom. The number of carboxylic acids is 1. The van der Waals surface area contributed by atoms with Crippen molar-refractivity contribution in [3.63, 3.8) is 0 Å². The lowest BCUT2D eigenvalue weighted by atomic mass is 10.4. The molecule has 1 fully saturated rings. The van der Waals surface area contributed by atoms with E-state index in [2.05, 4.69) is 4.74 Å². The third kappa shape index (κ3) is 2.54. The lowest BCUT2D eigenvalue weighted by molar-refractivity contribution is -0.139. The highest BCUT2D eigenvalue weighted by Gasteiger charge is 2.31. The Balaban J connectivity index is 2.36. The van der Waals surface area contributed by atoms with Gasteiger partial charge in [0.1, 0.15) is 6.26 Å². The summed E-state index contributed by atoms with van der Waals surface area (Å²) in [5, 5.41) is 7.76. The highest BCUT2D eigenvalue weighted by Crippen LogP contribution is 2.30. The number of hydrogen-bond acceptors (Lipinski definition) is 3. The van der Waals surface area contributed by atoms with Crippen molar-refractivity contribution < 1.29 is 19.4 Å². The van der Waals surface area contributed by atoms with Crippen molar-refractivity contribution in [1.82, 2.24) is 0 Å². The lowest BCUT2D eigenvalue weighted by Crippen LogP contribution is -2.03. The van der Waals surface area contributed by atoms with E-state index >= 15 is 0 Å².